The Morgan fingerprint density at radius 2 is 2.16 bits per heavy atom. The van der Waals surface area contributed by atoms with Gasteiger partial charge in [0.1, 0.15) is 0 Å². The van der Waals surface area contributed by atoms with Crippen molar-refractivity contribution in [3.8, 4) is 11.3 Å². The molecular formula is C15H20BrN3. The zero-order valence-corrected chi connectivity index (χ0v) is 12.8. The Bertz CT molecular complexity index is 522. The van der Waals surface area contributed by atoms with Crippen molar-refractivity contribution < 1.29 is 0 Å². The summed E-state index contributed by atoms with van der Waals surface area (Å²) in [6.45, 7) is 2.85. The summed E-state index contributed by atoms with van der Waals surface area (Å²) in [6.07, 6.45) is 7.28. The molecule has 19 heavy (non-hydrogen) atoms. The molecule has 102 valence electrons. The number of unbranched alkanes of at least 4 members (excludes halogenated alkanes) is 1. The van der Waals surface area contributed by atoms with Gasteiger partial charge in [-0.3, -0.25) is 0 Å². The number of nitrogens with zero attached hydrogens (tertiary/aromatic N) is 2. The molecule has 4 heteroatoms. The predicted molar refractivity (Wildman–Crippen MR) is 83.0 cm³/mol. The van der Waals surface area contributed by atoms with Gasteiger partial charge in [0.2, 0.25) is 0 Å². The van der Waals surface area contributed by atoms with Crippen molar-refractivity contribution in [3.05, 3.63) is 41.3 Å². The van der Waals surface area contributed by atoms with Crippen LogP contribution in [-0.2, 0) is 0 Å². The van der Waals surface area contributed by atoms with Crippen LogP contribution in [0.15, 0.2) is 41.3 Å². The lowest BCUT2D eigenvalue weighted by Crippen LogP contribution is -2.19. The van der Waals surface area contributed by atoms with E-state index in [0.717, 1.165) is 22.2 Å². The maximum atomic E-state index is 5.93. The van der Waals surface area contributed by atoms with Crippen LogP contribution in [0.25, 0.3) is 11.3 Å². The molecule has 0 saturated carbocycles. The van der Waals surface area contributed by atoms with Gasteiger partial charge in [-0.1, -0.05) is 53.9 Å². The number of hydrogen-bond acceptors (Lipinski definition) is 2. The molecule has 1 atom stereocenters. The normalized spacial score (nSPS) is 12.6. The largest absolute Gasteiger partial charge is 0.328 e. The average molecular weight is 322 g/mol. The first-order valence-corrected chi connectivity index (χ1v) is 7.54. The van der Waals surface area contributed by atoms with Gasteiger partial charge in [0, 0.05) is 22.6 Å². The van der Waals surface area contributed by atoms with Crippen LogP contribution in [0.2, 0.25) is 0 Å². The molecule has 1 aromatic carbocycles. The molecule has 0 aliphatic heterocycles. The second-order valence-electron chi connectivity index (χ2n) is 4.70. The number of hydrogen-bond donors (Lipinski definition) is 1. The summed E-state index contributed by atoms with van der Waals surface area (Å²) in [4.78, 5) is 4.30. The molecular weight excluding hydrogens is 302 g/mol. The lowest BCUT2D eigenvalue weighted by atomic mass is 10.1. The van der Waals surface area contributed by atoms with Gasteiger partial charge in [0.15, 0.2) is 0 Å². The van der Waals surface area contributed by atoms with E-state index in [2.05, 4.69) is 44.5 Å². The van der Waals surface area contributed by atoms with Crippen molar-refractivity contribution in [2.75, 3.05) is 6.54 Å². The molecule has 0 spiro atoms. The zero-order chi connectivity index (χ0) is 13.7. The summed E-state index contributed by atoms with van der Waals surface area (Å²) in [5.41, 5.74) is 8.22. The van der Waals surface area contributed by atoms with Crippen LogP contribution in [0.4, 0.5) is 0 Å². The third-order valence-electron chi connectivity index (χ3n) is 3.37. The topological polar surface area (TPSA) is 43.8 Å². The standard InChI is InChI=1S/C15H20BrN3/c1-2-3-6-12(9-17)19-11-18-10-15(19)13-7-4-5-8-14(13)16/h4-5,7-8,10-12H,2-3,6,9,17H2,1H3. The Balaban J connectivity index is 2.34. The van der Waals surface area contributed by atoms with Gasteiger partial charge in [-0.25, -0.2) is 4.98 Å². The quantitative estimate of drug-likeness (QED) is 0.873. The van der Waals surface area contributed by atoms with E-state index in [4.69, 9.17) is 5.73 Å². The van der Waals surface area contributed by atoms with E-state index in [0.29, 0.717) is 12.6 Å². The van der Waals surface area contributed by atoms with Crippen molar-refractivity contribution in [3.63, 3.8) is 0 Å². The fraction of sp³-hybridized carbons (Fsp3) is 0.400. The summed E-state index contributed by atoms with van der Waals surface area (Å²) >= 11 is 3.60. The van der Waals surface area contributed by atoms with Gasteiger partial charge in [-0.15, -0.1) is 0 Å². The molecule has 0 aliphatic rings. The Kier molecular flexibility index (Phi) is 5.16. The molecule has 2 N–H and O–H groups in total. The maximum Gasteiger partial charge on any atom is 0.0954 e. The molecule has 1 heterocycles. The van der Waals surface area contributed by atoms with Crippen LogP contribution in [0.3, 0.4) is 0 Å². The Labute approximate surface area is 123 Å². The lowest BCUT2D eigenvalue weighted by Gasteiger charge is -2.19. The van der Waals surface area contributed by atoms with Gasteiger partial charge in [-0.05, 0) is 12.5 Å². The molecule has 0 bridgehead atoms. The van der Waals surface area contributed by atoms with Crippen molar-refractivity contribution in [1.29, 1.82) is 0 Å². The first kappa shape index (κ1) is 14.3. The van der Waals surface area contributed by atoms with E-state index >= 15 is 0 Å². The summed E-state index contributed by atoms with van der Waals surface area (Å²) < 4.78 is 3.29. The monoisotopic (exact) mass is 321 g/mol. The molecule has 3 nitrogen and oxygen atoms in total. The molecule has 0 fully saturated rings. The zero-order valence-electron chi connectivity index (χ0n) is 11.2. The molecule has 0 saturated heterocycles. The summed E-state index contributed by atoms with van der Waals surface area (Å²) in [7, 11) is 0. The lowest BCUT2D eigenvalue weighted by molar-refractivity contribution is 0.461. The minimum atomic E-state index is 0.324. The highest BCUT2D eigenvalue weighted by atomic mass is 79.9. The highest BCUT2D eigenvalue weighted by Gasteiger charge is 2.14. The minimum Gasteiger partial charge on any atom is -0.328 e. The SMILES string of the molecule is CCCCC(CN)n1cncc1-c1ccccc1Br. The molecule has 0 aliphatic carbocycles. The van der Waals surface area contributed by atoms with Crippen LogP contribution in [0.1, 0.15) is 32.2 Å². The first-order chi connectivity index (χ1) is 9.27. The van der Waals surface area contributed by atoms with Crippen LogP contribution in [0.5, 0.6) is 0 Å². The number of imidazole rings is 1. The van der Waals surface area contributed by atoms with Gasteiger partial charge in [0.05, 0.1) is 18.2 Å². The molecule has 2 rings (SSSR count). The third kappa shape index (κ3) is 3.25. The fourth-order valence-corrected chi connectivity index (χ4v) is 2.77. The second kappa shape index (κ2) is 6.87. The Morgan fingerprint density at radius 1 is 1.37 bits per heavy atom. The molecule has 1 aromatic heterocycles. The Hall–Kier alpha value is -1.13. The first-order valence-electron chi connectivity index (χ1n) is 6.74. The highest BCUT2D eigenvalue weighted by molar-refractivity contribution is 9.10. The van der Waals surface area contributed by atoms with Crippen molar-refractivity contribution in [2.45, 2.75) is 32.2 Å². The maximum absolute atomic E-state index is 5.93. The second-order valence-corrected chi connectivity index (χ2v) is 5.55. The van der Waals surface area contributed by atoms with Gasteiger partial charge in [0.25, 0.3) is 0 Å². The van der Waals surface area contributed by atoms with Gasteiger partial charge < -0.3 is 10.3 Å². The number of aromatic nitrogens is 2. The fourth-order valence-electron chi connectivity index (χ4n) is 2.28. The van der Waals surface area contributed by atoms with E-state index < -0.39 is 0 Å². The van der Waals surface area contributed by atoms with Crippen LogP contribution < -0.4 is 5.73 Å². The average Bonchev–Trinajstić information content (AvgIpc) is 2.89. The molecule has 0 radical (unpaired) electrons. The summed E-state index contributed by atoms with van der Waals surface area (Å²) in [6, 6.07) is 8.54. The van der Waals surface area contributed by atoms with E-state index in [1.807, 2.05) is 24.7 Å². The third-order valence-corrected chi connectivity index (χ3v) is 4.06. The smallest absolute Gasteiger partial charge is 0.0954 e. The van der Waals surface area contributed by atoms with E-state index in [1.165, 1.54) is 12.8 Å². The van der Waals surface area contributed by atoms with Crippen LogP contribution >= 0.6 is 15.9 Å². The number of rotatable bonds is 6. The number of halogens is 1. The number of benzene rings is 1. The van der Waals surface area contributed by atoms with Crippen molar-refractivity contribution in [2.24, 2.45) is 5.73 Å². The predicted octanol–water partition coefficient (Wildman–Crippen LogP) is 4.00. The highest BCUT2D eigenvalue weighted by Crippen LogP contribution is 2.30. The van der Waals surface area contributed by atoms with Crippen molar-refractivity contribution in [1.82, 2.24) is 9.55 Å². The summed E-state index contributed by atoms with van der Waals surface area (Å²) in [5, 5.41) is 0. The van der Waals surface area contributed by atoms with Crippen LogP contribution in [0, 0.1) is 0 Å². The molecule has 0 amide bonds. The molecule has 1 unspecified atom stereocenters. The van der Waals surface area contributed by atoms with Gasteiger partial charge in [-0.2, -0.15) is 0 Å². The van der Waals surface area contributed by atoms with E-state index in [1.54, 1.807) is 0 Å². The van der Waals surface area contributed by atoms with E-state index in [-0.39, 0.29) is 0 Å². The number of nitrogens with two attached hydrogens (primary N) is 1. The molecule has 2 aromatic rings. The van der Waals surface area contributed by atoms with Crippen molar-refractivity contribution >= 4 is 15.9 Å². The van der Waals surface area contributed by atoms with Gasteiger partial charge >= 0.3 is 0 Å². The van der Waals surface area contributed by atoms with E-state index in [9.17, 15) is 0 Å². The summed E-state index contributed by atoms with van der Waals surface area (Å²) in [5.74, 6) is 0. The minimum absolute atomic E-state index is 0.324. The van der Waals surface area contributed by atoms with Crippen LogP contribution in [-0.4, -0.2) is 16.1 Å². The Morgan fingerprint density at radius 3 is 2.84 bits per heavy atom.